The minimum Gasteiger partial charge on any atom is -0.487 e. The summed E-state index contributed by atoms with van der Waals surface area (Å²) >= 11 is 6.59. The van der Waals surface area contributed by atoms with E-state index in [4.69, 9.17) is 16.3 Å². The van der Waals surface area contributed by atoms with Crippen LogP contribution in [0.3, 0.4) is 0 Å². The van der Waals surface area contributed by atoms with Crippen molar-refractivity contribution in [3.05, 3.63) is 41.3 Å². The van der Waals surface area contributed by atoms with Crippen LogP contribution < -0.4 is 15.0 Å². The minimum absolute atomic E-state index is 0.0384. The zero-order chi connectivity index (χ0) is 25.6. The van der Waals surface area contributed by atoms with E-state index < -0.39 is 0 Å². The van der Waals surface area contributed by atoms with Crippen molar-refractivity contribution in [2.45, 2.75) is 45.9 Å². The van der Waals surface area contributed by atoms with Gasteiger partial charge in [0, 0.05) is 35.4 Å². The van der Waals surface area contributed by atoms with Gasteiger partial charge in [-0.25, -0.2) is 9.50 Å². The Morgan fingerprint density at radius 1 is 1.19 bits per heavy atom. The second kappa shape index (κ2) is 7.91. The number of hydrogen-bond acceptors (Lipinski definition) is 7. The molecule has 3 fully saturated rings. The molecule has 4 aliphatic rings. The Balaban J connectivity index is 1.29. The number of nitrogens with one attached hydrogen (secondary N) is 1. The summed E-state index contributed by atoms with van der Waals surface area (Å²) in [5.74, 6) is 0.231. The van der Waals surface area contributed by atoms with Crippen LogP contribution in [0.15, 0.2) is 30.7 Å². The molecule has 37 heavy (non-hydrogen) atoms. The molecule has 1 saturated carbocycles. The summed E-state index contributed by atoms with van der Waals surface area (Å²) in [6, 6.07) is 6.14. The minimum atomic E-state index is -0.221. The van der Waals surface area contributed by atoms with Crippen LogP contribution in [0.5, 0.6) is 5.75 Å². The van der Waals surface area contributed by atoms with Crippen molar-refractivity contribution in [1.29, 1.82) is 0 Å². The molecule has 0 spiro atoms. The van der Waals surface area contributed by atoms with Crippen LogP contribution in [-0.4, -0.2) is 63.1 Å². The molecule has 1 aromatic carbocycles. The highest BCUT2D eigenvalue weighted by atomic mass is 35.5. The van der Waals surface area contributed by atoms with Gasteiger partial charge in [-0.15, -0.1) is 0 Å². The lowest BCUT2D eigenvalue weighted by atomic mass is 10.0. The summed E-state index contributed by atoms with van der Waals surface area (Å²) in [4.78, 5) is 34.3. The Kier molecular flexibility index (Phi) is 4.92. The maximum Gasteiger partial charge on any atom is 0.233 e. The number of rotatable bonds is 4. The smallest absolute Gasteiger partial charge is 0.233 e. The number of anilines is 1. The van der Waals surface area contributed by atoms with Gasteiger partial charge in [-0.2, -0.15) is 5.10 Å². The molecule has 3 unspecified atom stereocenters. The summed E-state index contributed by atoms with van der Waals surface area (Å²) in [5.41, 5.74) is 4.01. The predicted molar refractivity (Wildman–Crippen MR) is 138 cm³/mol. The third-order valence-corrected chi connectivity index (χ3v) is 8.75. The first-order valence-electron chi connectivity index (χ1n) is 12.9. The van der Waals surface area contributed by atoms with Crippen molar-refractivity contribution in [2.24, 2.45) is 17.3 Å². The lowest BCUT2D eigenvalue weighted by molar-refractivity contribution is -0.143. The fourth-order valence-electron chi connectivity index (χ4n) is 6.62. The van der Waals surface area contributed by atoms with E-state index in [1.165, 1.54) is 11.2 Å². The van der Waals surface area contributed by atoms with Gasteiger partial charge in [-0.05, 0) is 43.0 Å². The molecule has 2 amide bonds. The van der Waals surface area contributed by atoms with E-state index in [1.54, 1.807) is 4.52 Å². The first kappa shape index (κ1) is 23.0. The molecule has 10 heteroatoms. The largest absolute Gasteiger partial charge is 0.487 e. The number of benzene rings is 1. The molecule has 3 aromatic rings. The molecule has 2 saturated heterocycles. The van der Waals surface area contributed by atoms with E-state index in [-0.39, 0.29) is 41.7 Å². The third-order valence-electron chi connectivity index (χ3n) is 8.53. The Labute approximate surface area is 219 Å². The highest BCUT2D eigenvalue weighted by molar-refractivity contribution is 6.31. The maximum atomic E-state index is 12.9. The van der Waals surface area contributed by atoms with Gasteiger partial charge in [0.05, 0.1) is 36.1 Å². The van der Waals surface area contributed by atoms with Gasteiger partial charge in [0.1, 0.15) is 23.9 Å². The molecule has 192 valence electrons. The van der Waals surface area contributed by atoms with E-state index in [0.717, 1.165) is 59.8 Å². The highest BCUT2D eigenvalue weighted by Crippen LogP contribution is 2.63. The van der Waals surface area contributed by atoms with Gasteiger partial charge in [0.2, 0.25) is 11.8 Å². The number of likely N-dealkylation sites (tertiary alicyclic amines) is 1. The molecule has 1 aliphatic carbocycles. The molecular weight excluding hydrogens is 492 g/mol. The lowest BCUT2D eigenvalue weighted by Gasteiger charge is -2.40. The molecule has 4 atom stereocenters. The van der Waals surface area contributed by atoms with Crippen molar-refractivity contribution < 1.29 is 14.3 Å². The van der Waals surface area contributed by atoms with Crippen molar-refractivity contribution in [1.82, 2.24) is 24.8 Å². The number of fused-ring (bicyclic) bond motifs is 3. The topological polar surface area (TPSA) is 92.1 Å². The number of amides is 2. The number of carbonyl (C=O) groups is 2. The number of carbonyl (C=O) groups excluding carboxylic acids is 2. The van der Waals surface area contributed by atoms with E-state index in [0.29, 0.717) is 11.1 Å². The number of imide groups is 1. The number of nitrogens with zero attached hydrogens (tertiary/aromatic N) is 5. The van der Waals surface area contributed by atoms with Crippen molar-refractivity contribution in [3.63, 3.8) is 0 Å². The average Bonchev–Trinajstić information content (AvgIpc) is 3.32. The van der Waals surface area contributed by atoms with Crippen molar-refractivity contribution in [3.8, 4) is 17.0 Å². The average molecular weight is 521 g/mol. The zero-order valence-corrected chi connectivity index (χ0v) is 21.8. The number of halogens is 1. The number of ether oxygens (including phenoxy) is 1. The Bertz CT molecular complexity index is 1440. The quantitative estimate of drug-likeness (QED) is 0.528. The van der Waals surface area contributed by atoms with Crippen molar-refractivity contribution in [2.75, 3.05) is 24.5 Å². The van der Waals surface area contributed by atoms with Crippen LogP contribution in [0.2, 0.25) is 5.02 Å². The Morgan fingerprint density at radius 2 is 1.97 bits per heavy atom. The first-order valence-corrected chi connectivity index (χ1v) is 13.3. The molecular formula is C27H29ClN6O3. The first-order chi connectivity index (χ1) is 17.7. The predicted octanol–water partition coefficient (Wildman–Crippen LogP) is 3.14. The Morgan fingerprint density at radius 3 is 2.70 bits per heavy atom. The maximum absolute atomic E-state index is 12.9. The second-order valence-electron chi connectivity index (χ2n) is 11.4. The lowest BCUT2D eigenvalue weighted by Crippen LogP contribution is -2.46. The summed E-state index contributed by atoms with van der Waals surface area (Å²) < 4.78 is 8.01. The van der Waals surface area contributed by atoms with E-state index >= 15 is 0 Å². The molecule has 0 radical (unpaired) electrons. The van der Waals surface area contributed by atoms with Crippen LogP contribution in [0.25, 0.3) is 16.8 Å². The molecule has 5 heterocycles. The normalized spacial score (nSPS) is 28.0. The fourth-order valence-corrected chi connectivity index (χ4v) is 6.83. The van der Waals surface area contributed by atoms with Gasteiger partial charge >= 0.3 is 0 Å². The molecule has 7 rings (SSSR count). The summed E-state index contributed by atoms with van der Waals surface area (Å²) in [6.45, 7) is 8.97. The van der Waals surface area contributed by atoms with Crippen LogP contribution in [-0.2, 0) is 16.1 Å². The van der Waals surface area contributed by atoms with Gasteiger partial charge in [0.15, 0.2) is 0 Å². The SMILES string of the molecule is C[C@H]1CN(C2CCNC2)c2c(cc(Cl)cc2-c2ncnn3cc(CN4C(=O)C5C(C4=O)C5(C)C)cc23)O1. The van der Waals surface area contributed by atoms with Gasteiger partial charge in [-0.1, -0.05) is 25.4 Å². The van der Waals surface area contributed by atoms with E-state index in [1.807, 2.05) is 38.2 Å². The van der Waals surface area contributed by atoms with Crippen LogP contribution in [0.4, 0.5) is 5.69 Å². The molecule has 0 bridgehead atoms. The number of hydrogen-bond donors (Lipinski definition) is 1. The van der Waals surface area contributed by atoms with Crippen LogP contribution in [0, 0.1) is 17.3 Å². The van der Waals surface area contributed by atoms with Gasteiger partial charge in [-0.3, -0.25) is 14.5 Å². The molecule has 2 aromatic heterocycles. The molecule has 9 nitrogen and oxygen atoms in total. The standard InChI is InChI=1S/C27H29ClN6O3/c1-14-10-32(17-4-5-29-9-17)24-18(7-16(28)8-20(24)37-14)23-19-6-15(12-34(19)31-13-30-23)11-33-25(35)21-22(26(33)36)27(21,2)3/h6-8,12-14,17,21-22,29H,4-5,9-11H2,1-3H3/t14-,17?,21?,22?/m0/s1. The zero-order valence-electron chi connectivity index (χ0n) is 21.1. The van der Waals surface area contributed by atoms with Gasteiger partial charge < -0.3 is 15.0 Å². The summed E-state index contributed by atoms with van der Waals surface area (Å²) in [5, 5.41) is 8.47. The highest BCUT2D eigenvalue weighted by Gasteiger charge is 2.72. The third kappa shape index (κ3) is 3.40. The molecule has 3 aliphatic heterocycles. The number of aromatic nitrogens is 3. The summed E-state index contributed by atoms with van der Waals surface area (Å²) in [7, 11) is 0. The van der Waals surface area contributed by atoms with Crippen LogP contribution in [0.1, 0.15) is 32.8 Å². The van der Waals surface area contributed by atoms with Crippen molar-refractivity contribution >= 4 is 34.6 Å². The molecule has 1 N–H and O–H groups in total. The van der Waals surface area contributed by atoms with Gasteiger partial charge in [0.25, 0.3) is 0 Å². The fraction of sp³-hybridized carbons (Fsp3) is 0.481. The second-order valence-corrected chi connectivity index (χ2v) is 11.8. The van der Waals surface area contributed by atoms with E-state index in [2.05, 4.69) is 27.2 Å². The number of piperidine rings is 1. The monoisotopic (exact) mass is 520 g/mol. The summed E-state index contributed by atoms with van der Waals surface area (Å²) in [6.07, 6.45) is 4.48. The van der Waals surface area contributed by atoms with E-state index in [9.17, 15) is 9.59 Å². The van der Waals surface area contributed by atoms with Crippen LogP contribution >= 0.6 is 11.6 Å². The Hall–Kier alpha value is -3.17.